The van der Waals surface area contributed by atoms with Crippen LogP contribution >= 0.6 is 0 Å². The van der Waals surface area contributed by atoms with Gasteiger partial charge in [-0.25, -0.2) is 0 Å². The minimum atomic E-state index is 0.242. The van der Waals surface area contributed by atoms with Gasteiger partial charge in [-0.15, -0.1) is 0 Å². The first-order valence-electron chi connectivity index (χ1n) is 7.32. The third-order valence-electron chi connectivity index (χ3n) is 5.35. The predicted octanol–water partition coefficient (Wildman–Crippen LogP) is 3.06. The van der Waals surface area contributed by atoms with Gasteiger partial charge >= 0.3 is 0 Å². The largest absolute Gasteiger partial charge is 0.493 e. The van der Waals surface area contributed by atoms with Gasteiger partial charge in [0.1, 0.15) is 5.75 Å². The smallest absolute Gasteiger partial charge is 0.122 e. The number of fused-ring (bicyclic) bond motifs is 3. The van der Waals surface area contributed by atoms with Crippen LogP contribution in [0.15, 0.2) is 18.2 Å². The van der Waals surface area contributed by atoms with E-state index in [9.17, 15) is 0 Å². The van der Waals surface area contributed by atoms with Crippen molar-refractivity contribution in [3.05, 3.63) is 29.3 Å². The van der Waals surface area contributed by atoms with Crippen LogP contribution in [-0.2, 0) is 6.42 Å². The predicted molar refractivity (Wildman–Crippen MR) is 71.5 cm³/mol. The zero-order valence-corrected chi connectivity index (χ0v) is 10.8. The van der Waals surface area contributed by atoms with E-state index in [1.807, 2.05) is 0 Å². The summed E-state index contributed by atoms with van der Waals surface area (Å²) in [5.41, 5.74) is 9.22. The van der Waals surface area contributed by atoms with Crippen molar-refractivity contribution in [3.63, 3.8) is 0 Å². The van der Waals surface area contributed by atoms with Crippen LogP contribution in [-0.4, -0.2) is 6.61 Å². The Morgan fingerprint density at radius 2 is 2.17 bits per heavy atom. The Kier molecular flexibility index (Phi) is 2.41. The lowest BCUT2D eigenvalue weighted by molar-refractivity contribution is 0.284. The molecule has 2 aliphatic carbocycles. The Morgan fingerprint density at radius 3 is 2.94 bits per heavy atom. The monoisotopic (exact) mass is 243 g/mol. The molecule has 0 amide bonds. The SMILES string of the molecule is NC(c1ccc2c(c1)CCO2)C1CC2CCC1C2. The summed E-state index contributed by atoms with van der Waals surface area (Å²) >= 11 is 0. The Hall–Kier alpha value is -1.02. The summed E-state index contributed by atoms with van der Waals surface area (Å²) in [6.07, 6.45) is 6.71. The Bertz CT molecular complexity index is 470. The van der Waals surface area contributed by atoms with E-state index in [2.05, 4.69) is 18.2 Å². The van der Waals surface area contributed by atoms with E-state index in [0.717, 1.165) is 36.5 Å². The Labute approximate surface area is 109 Å². The summed E-state index contributed by atoms with van der Waals surface area (Å²) in [6.45, 7) is 0.835. The Morgan fingerprint density at radius 1 is 1.22 bits per heavy atom. The zero-order chi connectivity index (χ0) is 12.1. The molecule has 4 atom stereocenters. The van der Waals surface area contributed by atoms with Crippen molar-refractivity contribution >= 4 is 0 Å². The van der Waals surface area contributed by atoms with E-state index < -0.39 is 0 Å². The van der Waals surface area contributed by atoms with Gasteiger partial charge in [-0.05, 0) is 54.2 Å². The molecule has 4 unspecified atom stereocenters. The Balaban J connectivity index is 1.59. The molecular weight excluding hydrogens is 222 g/mol. The molecule has 2 fully saturated rings. The van der Waals surface area contributed by atoms with Crippen LogP contribution in [0.1, 0.15) is 42.9 Å². The van der Waals surface area contributed by atoms with Crippen molar-refractivity contribution in [2.45, 2.75) is 38.1 Å². The number of hydrogen-bond donors (Lipinski definition) is 1. The quantitative estimate of drug-likeness (QED) is 0.866. The fourth-order valence-corrected chi connectivity index (χ4v) is 4.39. The number of rotatable bonds is 2. The van der Waals surface area contributed by atoms with Crippen LogP contribution in [0.5, 0.6) is 5.75 Å². The van der Waals surface area contributed by atoms with Crippen molar-refractivity contribution < 1.29 is 4.74 Å². The van der Waals surface area contributed by atoms with Crippen molar-refractivity contribution in [1.82, 2.24) is 0 Å². The van der Waals surface area contributed by atoms with Crippen LogP contribution in [0.4, 0.5) is 0 Å². The van der Waals surface area contributed by atoms with E-state index in [0.29, 0.717) is 0 Å². The summed E-state index contributed by atoms with van der Waals surface area (Å²) in [5.74, 6) is 3.67. The molecule has 2 nitrogen and oxygen atoms in total. The standard InChI is InChI=1S/C16H21NO/c17-16(14-8-10-1-2-11(14)7-10)13-3-4-15-12(9-13)5-6-18-15/h3-4,9-11,14,16H,1-2,5-8,17H2. The highest BCUT2D eigenvalue weighted by atomic mass is 16.5. The van der Waals surface area contributed by atoms with Gasteiger partial charge in [0, 0.05) is 12.5 Å². The number of nitrogens with two attached hydrogens (primary N) is 1. The first-order chi connectivity index (χ1) is 8.81. The van der Waals surface area contributed by atoms with Crippen LogP contribution in [0.2, 0.25) is 0 Å². The molecule has 2 heteroatoms. The molecule has 4 rings (SSSR count). The van der Waals surface area contributed by atoms with Crippen LogP contribution in [0.25, 0.3) is 0 Å². The molecule has 2 saturated carbocycles. The van der Waals surface area contributed by atoms with Gasteiger partial charge in [-0.1, -0.05) is 18.6 Å². The van der Waals surface area contributed by atoms with E-state index in [-0.39, 0.29) is 6.04 Å². The fourth-order valence-electron chi connectivity index (χ4n) is 4.39. The van der Waals surface area contributed by atoms with Gasteiger partial charge in [-0.2, -0.15) is 0 Å². The van der Waals surface area contributed by atoms with Gasteiger partial charge in [0.2, 0.25) is 0 Å². The third kappa shape index (κ3) is 1.58. The summed E-state index contributed by atoms with van der Waals surface area (Å²) < 4.78 is 5.57. The first-order valence-corrected chi connectivity index (χ1v) is 7.32. The maximum Gasteiger partial charge on any atom is 0.122 e. The molecule has 1 aromatic rings. The molecule has 2 N–H and O–H groups in total. The lowest BCUT2D eigenvalue weighted by atomic mass is 9.80. The topological polar surface area (TPSA) is 35.2 Å². The van der Waals surface area contributed by atoms with Gasteiger partial charge in [0.05, 0.1) is 6.61 Å². The molecule has 18 heavy (non-hydrogen) atoms. The van der Waals surface area contributed by atoms with Gasteiger partial charge in [-0.3, -0.25) is 0 Å². The van der Waals surface area contributed by atoms with Crippen molar-refractivity contribution in [2.75, 3.05) is 6.61 Å². The van der Waals surface area contributed by atoms with Crippen LogP contribution < -0.4 is 10.5 Å². The number of benzene rings is 1. The normalized spacial score (nSPS) is 34.4. The molecule has 0 spiro atoms. The molecule has 96 valence electrons. The minimum Gasteiger partial charge on any atom is -0.493 e. The van der Waals surface area contributed by atoms with E-state index >= 15 is 0 Å². The molecule has 0 aromatic heterocycles. The maximum absolute atomic E-state index is 6.54. The first kappa shape index (κ1) is 10.9. The van der Waals surface area contributed by atoms with E-state index in [4.69, 9.17) is 10.5 Å². The third-order valence-corrected chi connectivity index (χ3v) is 5.35. The molecule has 2 bridgehead atoms. The van der Waals surface area contributed by atoms with Crippen molar-refractivity contribution in [3.8, 4) is 5.75 Å². The zero-order valence-electron chi connectivity index (χ0n) is 10.8. The number of hydrogen-bond acceptors (Lipinski definition) is 2. The van der Waals surface area contributed by atoms with E-state index in [1.165, 1.54) is 36.8 Å². The second kappa shape index (κ2) is 3.99. The van der Waals surface area contributed by atoms with E-state index in [1.54, 1.807) is 0 Å². The molecule has 1 aromatic carbocycles. The average Bonchev–Trinajstić information content (AvgIpc) is 3.12. The number of ether oxygens (including phenoxy) is 1. The summed E-state index contributed by atoms with van der Waals surface area (Å²) in [5, 5.41) is 0. The molecular formula is C16H21NO. The molecule has 1 heterocycles. The summed E-state index contributed by atoms with van der Waals surface area (Å²) in [4.78, 5) is 0. The highest BCUT2D eigenvalue weighted by Crippen LogP contribution is 2.52. The lowest BCUT2D eigenvalue weighted by Gasteiger charge is -2.28. The average molecular weight is 243 g/mol. The van der Waals surface area contributed by atoms with Gasteiger partial charge in [0.25, 0.3) is 0 Å². The molecule has 1 aliphatic heterocycles. The molecule has 3 aliphatic rings. The van der Waals surface area contributed by atoms with Crippen LogP contribution in [0, 0.1) is 17.8 Å². The van der Waals surface area contributed by atoms with Crippen molar-refractivity contribution in [2.24, 2.45) is 23.5 Å². The molecule has 0 radical (unpaired) electrons. The maximum atomic E-state index is 6.54. The van der Waals surface area contributed by atoms with Gasteiger partial charge < -0.3 is 10.5 Å². The summed E-state index contributed by atoms with van der Waals surface area (Å²) in [6, 6.07) is 6.83. The summed E-state index contributed by atoms with van der Waals surface area (Å²) in [7, 11) is 0. The highest BCUT2D eigenvalue weighted by Gasteiger charge is 2.42. The molecule has 0 saturated heterocycles. The lowest BCUT2D eigenvalue weighted by Crippen LogP contribution is -2.26. The highest BCUT2D eigenvalue weighted by molar-refractivity contribution is 5.41. The van der Waals surface area contributed by atoms with Gasteiger partial charge in [0.15, 0.2) is 0 Å². The second-order valence-corrected chi connectivity index (χ2v) is 6.33. The minimum absolute atomic E-state index is 0.242. The van der Waals surface area contributed by atoms with Crippen LogP contribution in [0.3, 0.4) is 0 Å². The van der Waals surface area contributed by atoms with Crippen molar-refractivity contribution in [1.29, 1.82) is 0 Å². The second-order valence-electron chi connectivity index (χ2n) is 6.33. The fraction of sp³-hybridized carbons (Fsp3) is 0.625.